The van der Waals surface area contributed by atoms with Gasteiger partial charge in [0, 0.05) is 27.1 Å². The second kappa shape index (κ2) is 7.21. The van der Waals surface area contributed by atoms with Gasteiger partial charge in [0.15, 0.2) is 0 Å². The molecule has 0 bridgehead atoms. The highest BCUT2D eigenvalue weighted by molar-refractivity contribution is 14.1. The minimum Gasteiger partial charge on any atom is -0.376 e. The van der Waals surface area contributed by atoms with Gasteiger partial charge in [-0.25, -0.2) is 0 Å². The van der Waals surface area contributed by atoms with Crippen LogP contribution in [0.5, 0.6) is 0 Å². The van der Waals surface area contributed by atoms with E-state index in [-0.39, 0.29) is 18.1 Å². The number of aryl methyl sites for hydroxylation is 1. The molecule has 7 heteroatoms. The fourth-order valence-corrected chi connectivity index (χ4v) is 2.40. The van der Waals surface area contributed by atoms with E-state index in [2.05, 4.69) is 33.2 Å². The number of hydrogen-bond donors (Lipinski definition) is 2. The third-order valence-electron chi connectivity index (χ3n) is 2.98. The Morgan fingerprint density at radius 2 is 2.05 bits per heavy atom. The number of nitrogens with one attached hydrogen (secondary N) is 2. The zero-order chi connectivity index (χ0) is 16.1. The van der Waals surface area contributed by atoms with Crippen LogP contribution in [0.3, 0.4) is 0 Å². The number of carbonyl (C=O) groups excluding carboxylic acids is 1. The molecule has 0 fully saturated rings. The molecule has 22 heavy (non-hydrogen) atoms. The first-order chi connectivity index (χ1) is 10.5. The SMILES string of the molecule is Cc1ccc([N+](=O)[O-])cc1NCC(=O)Nc1cccc(I)c1. The smallest absolute Gasteiger partial charge is 0.271 e. The molecule has 2 N–H and O–H groups in total. The highest BCUT2D eigenvalue weighted by Gasteiger charge is 2.09. The van der Waals surface area contributed by atoms with Gasteiger partial charge in [-0.1, -0.05) is 12.1 Å². The fourth-order valence-electron chi connectivity index (χ4n) is 1.86. The van der Waals surface area contributed by atoms with Crippen molar-refractivity contribution in [1.82, 2.24) is 0 Å². The minimum atomic E-state index is -0.462. The highest BCUT2D eigenvalue weighted by Crippen LogP contribution is 2.21. The lowest BCUT2D eigenvalue weighted by Crippen LogP contribution is -2.22. The van der Waals surface area contributed by atoms with E-state index in [0.717, 1.165) is 14.8 Å². The standard InChI is InChI=1S/C15H14IN3O3/c1-10-5-6-13(19(21)22)8-14(10)17-9-15(20)18-12-4-2-3-11(16)7-12/h2-8,17H,9H2,1H3,(H,18,20). The quantitative estimate of drug-likeness (QED) is 0.448. The number of halogens is 1. The maximum Gasteiger partial charge on any atom is 0.271 e. The van der Waals surface area contributed by atoms with E-state index in [9.17, 15) is 14.9 Å². The largest absolute Gasteiger partial charge is 0.376 e. The molecule has 0 aliphatic rings. The maximum atomic E-state index is 11.9. The maximum absolute atomic E-state index is 11.9. The third kappa shape index (κ3) is 4.42. The molecule has 0 heterocycles. The zero-order valence-electron chi connectivity index (χ0n) is 11.8. The second-order valence-electron chi connectivity index (χ2n) is 4.67. The lowest BCUT2D eigenvalue weighted by molar-refractivity contribution is -0.384. The molecule has 0 spiro atoms. The Bertz CT molecular complexity index is 719. The molecular weight excluding hydrogens is 397 g/mol. The second-order valence-corrected chi connectivity index (χ2v) is 5.91. The number of amides is 1. The van der Waals surface area contributed by atoms with Crippen LogP contribution < -0.4 is 10.6 Å². The first-order valence-corrected chi connectivity index (χ1v) is 7.58. The molecule has 0 atom stereocenters. The third-order valence-corrected chi connectivity index (χ3v) is 3.65. The summed E-state index contributed by atoms with van der Waals surface area (Å²) < 4.78 is 1.03. The summed E-state index contributed by atoms with van der Waals surface area (Å²) in [5.74, 6) is -0.215. The van der Waals surface area contributed by atoms with Crippen molar-refractivity contribution >= 4 is 45.6 Å². The minimum absolute atomic E-state index is 0.00822. The Labute approximate surface area is 141 Å². The summed E-state index contributed by atoms with van der Waals surface area (Å²) in [6.07, 6.45) is 0. The van der Waals surface area contributed by atoms with Gasteiger partial charge in [0.1, 0.15) is 0 Å². The number of hydrogen-bond acceptors (Lipinski definition) is 4. The van der Waals surface area contributed by atoms with Crippen molar-refractivity contribution in [2.45, 2.75) is 6.92 Å². The molecule has 0 saturated heterocycles. The zero-order valence-corrected chi connectivity index (χ0v) is 14.0. The van der Waals surface area contributed by atoms with Gasteiger partial charge in [-0.15, -0.1) is 0 Å². The molecule has 2 rings (SSSR count). The molecule has 0 aromatic heterocycles. The van der Waals surface area contributed by atoms with E-state index >= 15 is 0 Å². The first kappa shape index (κ1) is 16.2. The molecule has 2 aromatic rings. The predicted octanol–water partition coefficient (Wildman–Crippen LogP) is 3.56. The van der Waals surface area contributed by atoms with Crippen molar-refractivity contribution in [2.75, 3.05) is 17.2 Å². The Hall–Kier alpha value is -2.16. The number of rotatable bonds is 5. The summed E-state index contributed by atoms with van der Waals surface area (Å²) >= 11 is 2.17. The first-order valence-electron chi connectivity index (χ1n) is 6.50. The van der Waals surface area contributed by atoms with Crippen LogP contribution in [0.15, 0.2) is 42.5 Å². The molecule has 0 saturated carbocycles. The van der Waals surface area contributed by atoms with Crippen molar-refractivity contribution in [3.05, 3.63) is 61.7 Å². The van der Waals surface area contributed by atoms with Gasteiger partial charge in [0.2, 0.25) is 5.91 Å². The van der Waals surface area contributed by atoms with Gasteiger partial charge in [-0.3, -0.25) is 14.9 Å². The van der Waals surface area contributed by atoms with Crippen LogP contribution in [0.25, 0.3) is 0 Å². The topological polar surface area (TPSA) is 84.3 Å². The Morgan fingerprint density at radius 3 is 2.73 bits per heavy atom. The number of anilines is 2. The highest BCUT2D eigenvalue weighted by atomic mass is 127. The van der Waals surface area contributed by atoms with E-state index in [0.29, 0.717) is 5.69 Å². The van der Waals surface area contributed by atoms with E-state index in [1.165, 1.54) is 12.1 Å². The summed E-state index contributed by atoms with van der Waals surface area (Å²) in [4.78, 5) is 22.2. The lowest BCUT2D eigenvalue weighted by Gasteiger charge is -2.10. The number of nitrogens with zero attached hydrogens (tertiary/aromatic N) is 1. The average molecular weight is 411 g/mol. The van der Waals surface area contributed by atoms with Crippen molar-refractivity contribution < 1.29 is 9.72 Å². The Balaban J connectivity index is 1.99. The molecule has 1 amide bonds. The Kier molecular flexibility index (Phi) is 5.31. The lowest BCUT2D eigenvalue weighted by atomic mass is 10.2. The fraction of sp³-hybridized carbons (Fsp3) is 0.133. The average Bonchev–Trinajstić information content (AvgIpc) is 2.46. The van der Waals surface area contributed by atoms with Crippen LogP contribution in [0, 0.1) is 20.6 Å². The van der Waals surface area contributed by atoms with Gasteiger partial charge >= 0.3 is 0 Å². The molecule has 2 aromatic carbocycles. The van der Waals surface area contributed by atoms with E-state index < -0.39 is 4.92 Å². The normalized spacial score (nSPS) is 10.1. The van der Waals surface area contributed by atoms with Crippen LogP contribution in [0.4, 0.5) is 17.1 Å². The number of nitro benzene ring substituents is 1. The van der Waals surface area contributed by atoms with Gasteiger partial charge in [-0.05, 0) is 53.3 Å². The van der Waals surface area contributed by atoms with Crippen molar-refractivity contribution in [3.8, 4) is 0 Å². The summed E-state index contributed by atoms with van der Waals surface area (Å²) in [6, 6.07) is 12.0. The van der Waals surface area contributed by atoms with Gasteiger partial charge < -0.3 is 10.6 Å². The summed E-state index contributed by atoms with van der Waals surface area (Å²) in [5.41, 5.74) is 2.13. The van der Waals surface area contributed by atoms with Gasteiger partial charge in [-0.2, -0.15) is 0 Å². The van der Waals surface area contributed by atoms with Crippen molar-refractivity contribution in [1.29, 1.82) is 0 Å². The van der Waals surface area contributed by atoms with Crippen LogP contribution in [-0.2, 0) is 4.79 Å². The Morgan fingerprint density at radius 1 is 1.27 bits per heavy atom. The van der Waals surface area contributed by atoms with Gasteiger partial charge in [0.05, 0.1) is 11.5 Å². The number of non-ortho nitro benzene ring substituents is 1. The molecule has 0 aliphatic heterocycles. The number of carbonyl (C=O) groups is 1. The van der Waals surface area contributed by atoms with E-state index in [1.807, 2.05) is 25.1 Å². The van der Waals surface area contributed by atoms with E-state index in [1.54, 1.807) is 12.1 Å². The van der Waals surface area contributed by atoms with Crippen LogP contribution in [0.2, 0.25) is 0 Å². The number of benzene rings is 2. The monoisotopic (exact) mass is 411 g/mol. The molecule has 114 valence electrons. The van der Waals surface area contributed by atoms with Crippen LogP contribution in [-0.4, -0.2) is 17.4 Å². The van der Waals surface area contributed by atoms with Gasteiger partial charge in [0.25, 0.3) is 5.69 Å². The molecule has 0 unspecified atom stereocenters. The molecule has 0 radical (unpaired) electrons. The van der Waals surface area contributed by atoms with Crippen LogP contribution >= 0.6 is 22.6 Å². The van der Waals surface area contributed by atoms with Crippen molar-refractivity contribution in [2.24, 2.45) is 0 Å². The molecule has 0 aliphatic carbocycles. The van der Waals surface area contributed by atoms with Crippen LogP contribution in [0.1, 0.15) is 5.56 Å². The predicted molar refractivity (Wildman–Crippen MR) is 94.1 cm³/mol. The van der Waals surface area contributed by atoms with Crippen molar-refractivity contribution in [3.63, 3.8) is 0 Å². The number of nitro groups is 1. The summed E-state index contributed by atoms with van der Waals surface area (Å²) in [7, 11) is 0. The summed E-state index contributed by atoms with van der Waals surface area (Å²) in [6.45, 7) is 1.86. The summed E-state index contributed by atoms with van der Waals surface area (Å²) in [5, 5.41) is 16.5. The van der Waals surface area contributed by atoms with E-state index in [4.69, 9.17) is 0 Å². The molecular formula is C15H14IN3O3. The molecule has 6 nitrogen and oxygen atoms in total.